The number of carbonyl (C=O) groups excluding carboxylic acids is 2. The second kappa shape index (κ2) is 7.72. The summed E-state index contributed by atoms with van der Waals surface area (Å²) >= 11 is 1.20. The van der Waals surface area contributed by atoms with Crippen molar-refractivity contribution in [2.75, 3.05) is 17.7 Å². The van der Waals surface area contributed by atoms with Crippen molar-refractivity contribution in [2.45, 2.75) is 0 Å². The SMILES string of the molecule is COc1ccc(C(=O)Nc2n[nH]c3sc(C(=O)Nc4ccc(F)cc4)cc23)cc1. The molecule has 9 heteroatoms. The number of methoxy groups -OCH3 is 1. The number of carbonyl (C=O) groups is 2. The van der Waals surface area contributed by atoms with E-state index in [0.29, 0.717) is 37.9 Å². The van der Waals surface area contributed by atoms with Crippen LogP contribution in [0.2, 0.25) is 0 Å². The lowest BCUT2D eigenvalue weighted by Crippen LogP contribution is -2.12. The number of hydrogen-bond acceptors (Lipinski definition) is 5. The highest BCUT2D eigenvalue weighted by molar-refractivity contribution is 7.20. The van der Waals surface area contributed by atoms with Gasteiger partial charge in [0.1, 0.15) is 16.4 Å². The Balaban J connectivity index is 1.51. The number of aromatic amines is 1. The van der Waals surface area contributed by atoms with E-state index < -0.39 is 0 Å². The number of aromatic nitrogens is 2. The minimum Gasteiger partial charge on any atom is -0.497 e. The molecule has 29 heavy (non-hydrogen) atoms. The molecule has 0 radical (unpaired) electrons. The summed E-state index contributed by atoms with van der Waals surface area (Å²) in [7, 11) is 1.55. The zero-order valence-electron chi connectivity index (χ0n) is 15.2. The van der Waals surface area contributed by atoms with Gasteiger partial charge in [0.15, 0.2) is 5.82 Å². The van der Waals surface area contributed by atoms with Crippen LogP contribution in [0.1, 0.15) is 20.0 Å². The lowest BCUT2D eigenvalue weighted by Gasteiger charge is -2.04. The second-order valence-electron chi connectivity index (χ2n) is 6.07. The molecule has 0 bridgehead atoms. The number of nitrogens with zero attached hydrogens (tertiary/aromatic N) is 1. The van der Waals surface area contributed by atoms with Crippen LogP contribution < -0.4 is 15.4 Å². The van der Waals surface area contributed by atoms with Gasteiger partial charge in [0, 0.05) is 11.3 Å². The van der Waals surface area contributed by atoms with Crippen molar-refractivity contribution in [1.29, 1.82) is 0 Å². The van der Waals surface area contributed by atoms with Gasteiger partial charge in [-0.1, -0.05) is 0 Å². The van der Waals surface area contributed by atoms with Crippen LogP contribution in [-0.4, -0.2) is 29.1 Å². The molecule has 4 aromatic rings. The molecular weight excluding hydrogens is 395 g/mol. The number of H-pyrrole nitrogens is 1. The largest absolute Gasteiger partial charge is 0.497 e. The highest BCUT2D eigenvalue weighted by Crippen LogP contribution is 2.30. The van der Waals surface area contributed by atoms with Crippen molar-refractivity contribution < 1.29 is 18.7 Å². The van der Waals surface area contributed by atoms with E-state index >= 15 is 0 Å². The Morgan fingerprint density at radius 1 is 1.03 bits per heavy atom. The molecule has 0 unspecified atom stereocenters. The maximum absolute atomic E-state index is 13.0. The van der Waals surface area contributed by atoms with Crippen LogP contribution >= 0.6 is 11.3 Å². The number of anilines is 2. The van der Waals surface area contributed by atoms with Crippen LogP contribution in [0.5, 0.6) is 5.75 Å². The summed E-state index contributed by atoms with van der Waals surface area (Å²) in [4.78, 5) is 26.0. The number of halogens is 1. The topological polar surface area (TPSA) is 96.1 Å². The second-order valence-corrected chi connectivity index (χ2v) is 7.12. The Hall–Kier alpha value is -3.72. The summed E-state index contributed by atoms with van der Waals surface area (Å²) < 4.78 is 18.1. The molecule has 2 aromatic carbocycles. The molecule has 2 heterocycles. The molecule has 0 aliphatic rings. The molecule has 0 aliphatic heterocycles. The molecule has 146 valence electrons. The Morgan fingerprint density at radius 2 is 1.76 bits per heavy atom. The molecule has 2 amide bonds. The van der Waals surface area contributed by atoms with Crippen molar-refractivity contribution in [3.8, 4) is 5.75 Å². The third-order valence-electron chi connectivity index (χ3n) is 4.17. The van der Waals surface area contributed by atoms with E-state index in [9.17, 15) is 14.0 Å². The van der Waals surface area contributed by atoms with Gasteiger partial charge in [0.25, 0.3) is 11.8 Å². The molecule has 0 atom stereocenters. The summed E-state index contributed by atoms with van der Waals surface area (Å²) in [6.07, 6.45) is 0. The van der Waals surface area contributed by atoms with Crippen LogP contribution in [0.25, 0.3) is 10.2 Å². The van der Waals surface area contributed by atoms with Crippen LogP contribution in [0.15, 0.2) is 54.6 Å². The van der Waals surface area contributed by atoms with Gasteiger partial charge in [-0.3, -0.25) is 14.7 Å². The van der Waals surface area contributed by atoms with Crippen molar-refractivity contribution in [3.63, 3.8) is 0 Å². The number of hydrogen-bond donors (Lipinski definition) is 3. The van der Waals surface area contributed by atoms with Gasteiger partial charge in [-0.25, -0.2) is 4.39 Å². The summed E-state index contributed by atoms with van der Waals surface area (Å²) in [5.74, 6) is -0.0600. The molecule has 0 saturated heterocycles. The third-order valence-corrected chi connectivity index (χ3v) is 5.20. The van der Waals surface area contributed by atoms with Gasteiger partial charge in [-0.15, -0.1) is 11.3 Å². The monoisotopic (exact) mass is 410 g/mol. The fourth-order valence-electron chi connectivity index (χ4n) is 2.67. The van der Waals surface area contributed by atoms with E-state index in [1.54, 1.807) is 37.4 Å². The van der Waals surface area contributed by atoms with E-state index in [2.05, 4.69) is 20.8 Å². The van der Waals surface area contributed by atoms with E-state index in [-0.39, 0.29) is 17.6 Å². The molecule has 0 fully saturated rings. The Kier molecular flexibility index (Phi) is 4.96. The third kappa shape index (κ3) is 3.94. The first-order valence-corrected chi connectivity index (χ1v) is 9.35. The van der Waals surface area contributed by atoms with E-state index in [1.807, 2.05) is 0 Å². The van der Waals surface area contributed by atoms with Gasteiger partial charge < -0.3 is 15.4 Å². The lowest BCUT2D eigenvalue weighted by molar-refractivity contribution is 0.102. The van der Waals surface area contributed by atoms with Crippen molar-refractivity contribution in [2.24, 2.45) is 0 Å². The molecule has 4 rings (SSSR count). The maximum Gasteiger partial charge on any atom is 0.265 e. The average molecular weight is 410 g/mol. The quantitative estimate of drug-likeness (QED) is 0.458. The summed E-state index contributed by atoms with van der Waals surface area (Å²) in [5, 5.41) is 13.0. The zero-order valence-corrected chi connectivity index (χ0v) is 16.0. The standard InChI is InChI=1S/C20H15FN4O3S/c1-28-14-8-2-11(3-9-14)18(26)23-17-15-10-16(29-20(15)25-24-17)19(27)22-13-6-4-12(21)5-7-13/h2-10H,1H3,(H,22,27)(H2,23,24,25,26). The van der Waals surface area contributed by atoms with Crippen molar-refractivity contribution in [3.05, 3.63) is 70.9 Å². The average Bonchev–Trinajstić information content (AvgIpc) is 3.32. The predicted octanol–water partition coefficient (Wildman–Crippen LogP) is 4.28. The summed E-state index contributed by atoms with van der Waals surface area (Å²) in [6, 6.07) is 13.8. The fraction of sp³-hybridized carbons (Fsp3) is 0.0500. The van der Waals surface area contributed by atoms with Crippen LogP contribution in [0, 0.1) is 5.82 Å². The highest BCUT2D eigenvalue weighted by Gasteiger charge is 2.17. The molecule has 0 saturated carbocycles. The zero-order chi connectivity index (χ0) is 20.4. The van der Waals surface area contributed by atoms with E-state index in [0.717, 1.165) is 0 Å². The number of nitrogens with one attached hydrogen (secondary N) is 3. The number of thiophene rings is 1. The Bertz CT molecular complexity index is 1180. The van der Waals surface area contributed by atoms with Crippen molar-refractivity contribution in [1.82, 2.24) is 10.2 Å². The number of rotatable bonds is 5. The number of ether oxygens (including phenoxy) is 1. The number of benzene rings is 2. The highest BCUT2D eigenvalue weighted by atomic mass is 32.1. The van der Waals surface area contributed by atoms with Gasteiger partial charge >= 0.3 is 0 Å². The number of amides is 2. The summed E-state index contributed by atoms with van der Waals surface area (Å²) in [5.41, 5.74) is 0.936. The molecule has 0 spiro atoms. The molecule has 7 nitrogen and oxygen atoms in total. The van der Waals surface area contributed by atoms with Crippen molar-refractivity contribution >= 4 is 44.9 Å². The normalized spacial score (nSPS) is 10.7. The first-order valence-electron chi connectivity index (χ1n) is 8.54. The smallest absolute Gasteiger partial charge is 0.265 e. The van der Waals surface area contributed by atoms with Gasteiger partial charge in [0.05, 0.1) is 17.4 Å². The van der Waals surface area contributed by atoms with Crippen LogP contribution in [0.4, 0.5) is 15.9 Å². The van der Waals surface area contributed by atoms with Gasteiger partial charge in [0.2, 0.25) is 0 Å². The van der Waals surface area contributed by atoms with Crippen LogP contribution in [0.3, 0.4) is 0 Å². The van der Waals surface area contributed by atoms with E-state index in [4.69, 9.17) is 4.74 Å². The molecular formula is C20H15FN4O3S. The predicted molar refractivity (Wildman–Crippen MR) is 109 cm³/mol. The molecule has 3 N–H and O–H groups in total. The van der Waals surface area contributed by atoms with Crippen LogP contribution in [-0.2, 0) is 0 Å². The first-order chi connectivity index (χ1) is 14.0. The minimum atomic E-state index is -0.379. The van der Waals surface area contributed by atoms with Gasteiger partial charge in [-0.05, 0) is 54.6 Å². The fourth-order valence-corrected chi connectivity index (χ4v) is 3.57. The minimum absolute atomic E-state index is 0.329. The molecule has 0 aliphatic carbocycles. The van der Waals surface area contributed by atoms with Gasteiger partial charge in [-0.2, -0.15) is 5.10 Å². The Labute approximate surface area is 168 Å². The lowest BCUT2D eigenvalue weighted by atomic mass is 10.2. The van der Waals surface area contributed by atoms with E-state index in [1.165, 1.54) is 35.6 Å². The maximum atomic E-state index is 13.0. The summed E-state index contributed by atoms with van der Waals surface area (Å²) in [6.45, 7) is 0. The molecule has 2 aromatic heterocycles. The Morgan fingerprint density at radius 3 is 2.45 bits per heavy atom. The number of fused-ring (bicyclic) bond motifs is 1. The first kappa shape index (κ1) is 18.6.